The van der Waals surface area contributed by atoms with E-state index in [1.54, 1.807) is 12.1 Å². The number of rotatable bonds is 13. The zero-order chi connectivity index (χ0) is 31.7. The number of hydrogen-bond acceptors (Lipinski definition) is 8. The van der Waals surface area contributed by atoms with E-state index in [4.69, 9.17) is 30.5 Å². The average Bonchev–Trinajstić information content (AvgIpc) is 2.96. The van der Waals surface area contributed by atoms with E-state index in [9.17, 15) is 26.4 Å². The highest BCUT2D eigenvalue weighted by Crippen LogP contribution is 2.37. The Morgan fingerprint density at radius 3 is 2.66 bits per heavy atom. The summed E-state index contributed by atoms with van der Waals surface area (Å²) in [7, 11) is -2.67. The molecule has 3 aromatic rings. The molecule has 44 heavy (non-hydrogen) atoms. The van der Waals surface area contributed by atoms with E-state index in [0.29, 0.717) is 36.6 Å². The zero-order valence-electron chi connectivity index (χ0n) is 23.7. The van der Waals surface area contributed by atoms with Crippen molar-refractivity contribution in [1.29, 1.82) is 0 Å². The van der Waals surface area contributed by atoms with Crippen LogP contribution in [0, 0.1) is 0 Å². The lowest BCUT2D eigenvalue weighted by molar-refractivity contribution is -0.137. The highest BCUT2D eigenvalue weighted by atomic mass is 35.5. The Morgan fingerprint density at radius 1 is 1.11 bits per heavy atom. The first kappa shape index (κ1) is 33.3. The molecular weight excluding hydrogens is 627 g/mol. The first-order valence-corrected chi connectivity index (χ1v) is 15.5. The van der Waals surface area contributed by atoms with Gasteiger partial charge >= 0.3 is 22.5 Å². The number of carbonyl (C=O) groups excluding carboxylic acids is 1. The molecule has 0 bridgehead atoms. The largest absolute Gasteiger partial charge is 0.491 e. The molecule has 1 aliphatic rings. The summed E-state index contributed by atoms with van der Waals surface area (Å²) in [5, 5.41) is -0.344. The molecule has 1 amide bonds. The van der Waals surface area contributed by atoms with E-state index in [2.05, 4.69) is 9.71 Å². The van der Waals surface area contributed by atoms with Gasteiger partial charge in [-0.3, -0.25) is 0 Å². The summed E-state index contributed by atoms with van der Waals surface area (Å²) < 4.78 is 90.1. The van der Waals surface area contributed by atoms with Crippen molar-refractivity contribution >= 4 is 27.9 Å². The number of fused-ring (bicyclic) bond motifs is 1. The molecule has 2 aromatic carbocycles. The molecule has 0 aliphatic heterocycles. The van der Waals surface area contributed by atoms with E-state index in [1.165, 1.54) is 13.2 Å². The van der Waals surface area contributed by atoms with Gasteiger partial charge in [-0.25, -0.2) is 14.5 Å². The predicted octanol–water partition coefficient (Wildman–Crippen LogP) is 6.14. The molecule has 0 spiro atoms. The Bertz CT molecular complexity index is 1560. The van der Waals surface area contributed by atoms with Crippen molar-refractivity contribution in [2.24, 2.45) is 0 Å². The van der Waals surface area contributed by atoms with Gasteiger partial charge in [-0.2, -0.15) is 26.3 Å². The summed E-state index contributed by atoms with van der Waals surface area (Å²) in [6.45, 7) is 0.420. The minimum absolute atomic E-state index is 0.140. The van der Waals surface area contributed by atoms with Crippen LogP contribution in [-0.2, 0) is 38.7 Å². The van der Waals surface area contributed by atoms with Crippen molar-refractivity contribution < 1.29 is 45.3 Å². The van der Waals surface area contributed by atoms with Gasteiger partial charge in [0, 0.05) is 25.4 Å². The van der Waals surface area contributed by atoms with Crippen molar-refractivity contribution in [1.82, 2.24) is 14.4 Å². The van der Waals surface area contributed by atoms with Gasteiger partial charge in [-0.1, -0.05) is 41.9 Å². The first-order chi connectivity index (χ1) is 20.9. The number of pyridine rings is 1. The lowest BCUT2D eigenvalue weighted by Crippen LogP contribution is -2.43. The molecule has 4 rings (SSSR count). The van der Waals surface area contributed by atoms with Crippen molar-refractivity contribution in [3.8, 4) is 17.4 Å². The van der Waals surface area contributed by atoms with Gasteiger partial charge in [0.1, 0.15) is 23.1 Å². The van der Waals surface area contributed by atoms with Gasteiger partial charge in [0.05, 0.1) is 18.8 Å². The van der Waals surface area contributed by atoms with Crippen LogP contribution in [0.5, 0.6) is 17.4 Å². The molecule has 1 atom stereocenters. The number of methoxy groups -OCH3 is 1. The molecule has 0 fully saturated rings. The lowest BCUT2D eigenvalue weighted by Gasteiger charge is -2.26. The normalized spacial score (nSPS) is 14.9. The van der Waals surface area contributed by atoms with Crippen molar-refractivity contribution in [3.63, 3.8) is 0 Å². The summed E-state index contributed by atoms with van der Waals surface area (Å²) in [6, 6.07) is 12.6. The summed E-state index contributed by atoms with van der Waals surface area (Å²) in [5.41, 5.74) is 1.49. The van der Waals surface area contributed by atoms with Crippen molar-refractivity contribution in [2.45, 2.75) is 44.3 Å². The van der Waals surface area contributed by atoms with E-state index in [0.717, 1.165) is 24.0 Å². The van der Waals surface area contributed by atoms with Crippen LogP contribution in [-0.4, -0.2) is 46.4 Å². The van der Waals surface area contributed by atoms with Crippen LogP contribution < -0.4 is 18.9 Å². The monoisotopic (exact) mass is 657 g/mol. The summed E-state index contributed by atoms with van der Waals surface area (Å²) in [5.74, 6) is 0.361. The van der Waals surface area contributed by atoms with Crippen LogP contribution in [0.2, 0.25) is 5.02 Å². The fourth-order valence-corrected chi connectivity index (χ4v) is 5.75. The molecule has 1 heterocycles. The number of nitrogens with zero attached hydrogens (tertiary/aromatic N) is 1. The van der Waals surface area contributed by atoms with Gasteiger partial charge in [-0.15, -0.1) is 0 Å². The van der Waals surface area contributed by atoms with Gasteiger partial charge < -0.3 is 18.9 Å². The second-order valence-electron chi connectivity index (χ2n) is 9.83. The summed E-state index contributed by atoms with van der Waals surface area (Å²) in [4.78, 5) is 16.0. The van der Waals surface area contributed by atoms with Crippen molar-refractivity contribution in [2.75, 3.05) is 26.9 Å². The van der Waals surface area contributed by atoms with Gasteiger partial charge in [0.15, 0.2) is 0 Å². The molecule has 238 valence electrons. The number of aryl methyl sites for hydroxylation is 2. The van der Waals surface area contributed by atoms with Crippen molar-refractivity contribution in [3.05, 3.63) is 82.0 Å². The lowest BCUT2D eigenvalue weighted by atomic mass is 9.88. The number of ether oxygens (including phenoxy) is 4. The first-order valence-electron chi connectivity index (χ1n) is 13.6. The fraction of sp³-hybridized carbons (Fsp3) is 0.379. The smallest absolute Gasteiger partial charge is 0.421 e. The molecular formula is C29H31ClF3N3O7S. The SMILES string of the molecule is COCCOc1ccc(CCCOC(=O)NS(=O)(=O)NC2CCCc3ccccc32)c(Oc2ncc(C(F)(F)F)cc2Cl)c1. The third-order valence-corrected chi connectivity index (χ3v) is 7.95. The molecule has 0 saturated carbocycles. The maximum absolute atomic E-state index is 13.0. The molecule has 1 aromatic heterocycles. The zero-order valence-corrected chi connectivity index (χ0v) is 25.2. The van der Waals surface area contributed by atoms with E-state index in [-0.39, 0.29) is 42.7 Å². The maximum Gasteiger partial charge on any atom is 0.421 e. The van der Waals surface area contributed by atoms with E-state index < -0.39 is 34.1 Å². The Labute approximate surface area is 258 Å². The van der Waals surface area contributed by atoms with Crippen LogP contribution in [0.1, 0.15) is 47.6 Å². The van der Waals surface area contributed by atoms with E-state index >= 15 is 0 Å². The number of amides is 1. The fourth-order valence-electron chi connectivity index (χ4n) is 4.59. The molecule has 1 aliphatic carbocycles. The Morgan fingerprint density at radius 2 is 1.91 bits per heavy atom. The molecule has 0 radical (unpaired) electrons. The highest BCUT2D eigenvalue weighted by molar-refractivity contribution is 7.88. The standard InChI is InChI=1S/C29H31ClF3N3O7S/c1-40-14-15-41-22-12-11-20(26(17-22)43-27-24(30)16-21(18-34-27)29(31,32)33)8-5-13-42-28(37)36-44(38,39)35-25-10-4-7-19-6-2-3-9-23(19)25/h2-3,6,9,11-12,16-18,25,35H,4-5,7-8,10,13-15H2,1H3,(H,36,37). The van der Waals surface area contributed by atoms with Gasteiger partial charge in [-0.05, 0) is 60.9 Å². The van der Waals surface area contributed by atoms with Gasteiger partial charge in [0.25, 0.3) is 0 Å². The minimum atomic E-state index is -4.63. The third kappa shape index (κ3) is 9.45. The molecule has 15 heteroatoms. The van der Waals surface area contributed by atoms with E-state index in [1.807, 2.05) is 29.0 Å². The number of benzene rings is 2. The predicted molar refractivity (Wildman–Crippen MR) is 155 cm³/mol. The number of alkyl halides is 3. The Kier molecular flexibility index (Phi) is 11.3. The van der Waals surface area contributed by atoms with Crippen LogP contribution in [0.4, 0.5) is 18.0 Å². The highest BCUT2D eigenvalue weighted by Gasteiger charge is 2.32. The number of nitrogens with one attached hydrogen (secondary N) is 2. The Hall–Kier alpha value is -3.59. The Balaban J connectivity index is 1.35. The number of carbonyl (C=O) groups is 1. The molecule has 0 saturated heterocycles. The average molecular weight is 658 g/mol. The third-order valence-electron chi connectivity index (χ3n) is 6.64. The minimum Gasteiger partial charge on any atom is -0.491 e. The number of aromatic nitrogens is 1. The maximum atomic E-state index is 13.0. The molecule has 10 nitrogen and oxygen atoms in total. The van der Waals surface area contributed by atoms with Crippen LogP contribution >= 0.6 is 11.6 Å². The summed E-state index contributed by atoms with van der Waals surface area (Å²) in [6.07, 6.45) is -2.35. The molecule has 2 N–H and O–H groups in total. The topological polar surface area (TPSA) is 125 Å². The van der Waals surface area contributed by atoms with Gasteiger partial charge in [0.2, 0.25) is 5.88 Å². The van der Waals surface area contributed by atoms with Crippen LogP contribution in [0.3, 0.4) is 0 Å². The molecule has 1 unspecified atom stereocenters. The van der Waals surface area contributed by atoms with Crippen LogP contribution in [0.25, 0.3) is 0 Å². The second-order valence-corrected chi connectivity index (χ2v) is 11.7. The number of halogens is 4. The summed E-state index contributed by atoms with van der Waals surface area (Å²) >= 11 is 6.03. The quantitative estimate of drug-likeness (QED) is 0.210. The number of hydrogen-bond donors (Lipinski definition) is 2. The van der Waals surface area contributed by atoms with Crippen LogP contribution in [0.15, 0.2) is 54.7 Å². The second kappa shape index (κ2) is 14.9.